The molecular formula is C10H9F11O4. The van der Waals surface area contributed by atoms with E-state index in [0.717, 1.165) is 0 Å². The molecule has 25 heavy (non-hydrogen) atoms. The highest BCUT2D eigenvalue weighted by molar-refractivity contribution is 5.25. The predicted octanol–water partition coefficient (Wildman–Crippen LogP) is 0.961. The molecule has 0 bridgehead atoms. The molecule has 1 aliphatic carbocycles. The number of rotatable bonds is 2. The fourth-order valence-electron chi connectivity index (χ4n) is 2.21. The van der Waals surface area contributed by atoms with E-state index in [4.69, 9.17) is 20.4 Å². The van der Waals surface area contributed by atoms with Gasteiger partial charge in [0.25, 0.3) is 0 Å². The van der Waals surface area contributed by atoms with Gasteiger partial charge in [-0.1, -0.05) is 0 Å². The molecule has 4 N–H and O–H groups in total. The largest absolute Gasteiger partial charge is 0.378 e. The Balaban J connectivity index is 4.07. The van der Waals surface area contributed by atoms with Crippen LogP contribution in [0.1, 0.15) is 0 Å². The molecule has 0 aromatic carbocycles. The Labute approximate surface area is 130 Å². The zero-order valence-corrected chi connectivity index (χ0v) is 11.4. The van der Waals surface area contributed by atoms with Gasteiger partial charge in [0.15, 0.2) is 5.60 Å². The van der Waals surface area contributed by atoms with E-state index in [1.54, 1.807) is 0 Å². The second-order valence-electron chi connectivity index (χ2n) is 5.43. The van der Waals surface area contributed by atoms with E-state index >= 15 is 0 Å². The quantitative estimate of drug-likeness (QED) is 0.519. The lowest BCUT2D eigenvalue weighted by Crippen LogP contribution is -2.86. The molecule has 0 radical (unpaired) electrons. The van der Waals surface area contributed by atoms with Crippen molar-refractivity contribution in [1.29, 1.82) is 0 Å². The van der Waals surface area contributed by atoms with Crippen molar-refractivity contribution >= 4 is 0 Å². The smallest absolute Gasteiger partial charge is 0.371 e. The number of alkyl halides is 11. The van der Waals surface area contributed by atoms with Crippen LogP contribution in [0, 0.1) is 0 Å². The summed E-state index contributed by atoms with van der Waals surface area (Å²) >= 11 is 0. The summed E-state index contributed by atoms with van der Waals surface area (Å²) in [5, 5.41) is 35.4. The molecular weight excluding hydrogens is 393 g/mol. The molecule has 5 unspecified atom stereocenters. The van der Waals surface area contributed by atoms with Gasteiger partial charge >= 0.3 is 29.5 Å². The molecule has 5 atom stereocenters. The van der Waals surface area contributed by atoms with Crippen LogP contribution in [0.15, 0.2) is 0 Å². The second kappa shape index (κ2) is 5.29. The molecule has 0 spiro atoms. The van der Waals surface area contributed by atoms with Gasteiger partial charge in [-0.25, -0.2) is 17.6 Å². The maximum atomic E-state index is 13.9. The van der Waals surface area contributed by atoms with Crippen molar-refractivity contribution in [2.75, 3.05) is 13.3 Å². The third kappa shape index (κ3) is 2.03. The van der Waals surface area contributed by atoms with Crippen molar-refractivity contribution in [3.8, 4) is 0 Å². The van der Waals surface area contributed by atoms with Crippen molar-refractivity contribution in [2.45, 2.75) is 46.9 Å². The van der Waals surface area contributed by atoms with E-state index in [9.17, 15) is 48.3 Å². The Morgan fingerprint density at radius 1 is 0.640 bits per heavy atom. The van der Waals surface area contributed by atoms with Crippen LogP contribution in [-0.4, -0.2) is 80.6 Å². The Morgan fingerprint density at radius 2 is 1.04 bits per heavy atom. The van der Waals surface area contributed by atoms with Crippen LogP contribution in [0.3, 0.4) is 0 Å². The molecule has 0 heterocycles. The van der Waals surface area contributed by atoms with Crippen LogP contribution in [-0.2, 0) is 0 Å². The maximum absolute atomic E-state index is 13.9. The molecule has 0 saturated heterocycles. The SMILES string of the molecule is OC1(F)C(F)C(O)(CF)C(F)(F)C(O)(CF)C(F)(F)C(O)(F)C1(F)F. The molecule has 1 saturated carbocycles. The van der Waals surface area contributed by atoms with E-state index in [1.165, 1.54) is 0 Å². The van der Waals surface area contributed by atoms with E-state index in [0.29, 0.717) is 0 Å². The summed E-state index contributed by atoms with van der Waals surface area (Å²) in [7, 11) is 0. The number of hydrogen-bond donors (Lipinski definition) is 4. The molecule has 4 nitrogen and oxygen atoms in total. The average molecular weight is 402 g/mol. The first-order valence-corrected chi connectivity index (χ1v) is 5.94. The number of halogens is 11. The van der Waals surface area contributed by atoms with Gasteiger partial charge in [-0.2, -0.15) is 30.7 Å². The summed E-state index contributed by atoms with van der Waals surface area (Å²) in [6.45, 7) is -7.07. The lowest BCUT2D eigenvalue weighted by Gasteiger charge is -2.54. The van der Waals surface area contributed by atoms with E-state index < -0.39 is 60.2 Å². The van der Waals surface area contributed by atoms with Crippen molar-refractivity contribution in [3.05, 3.63) is 0 Å². The summed E-state index contributed by atoms with van der Waals surface area (Å²) in [4.78, 5) is 0. The highest BCUT2D eigenvalue weighted by Gasteiger charge is 2.93. The summed E-state index contributed by atoms with van der Waals surface area (Å²) in [6.07, 6.45) is -5.34. The minimum atomic E-state index is -7.11. The maximum Gasteiger partial charge on any atom is 0.371 e. The van der Waals surface area contributed by atoms with Gasteiger partial charge in [-0.15, -0.1) is 0 Å². The molecule has 0 aromatic heterocycles. The highest BCUT2D eigenvalue weighted by Crippen LogP contribution is 2.62. The summed E-state index contributed by atoms with van der Waals surface area (Å²) in [6, 6.07) is 0. The topological polar surface area (TPSA) is 80.9 Å². The molecule has 0 aromatic rings. The third-order valence-corrected chi connectivity index (χ3v) is 4.01. The summed E-state index contributed by atoms with van der Waals surface area (Å²) in [5.74, 6) is -34.4. The minimum Gasteiger partial charge on any atom is -0.378 e. The third-order valence-electron chi connectivity index (χ3n) is 4.01. The fourth-order valence-corrected chi connectivity index (χ4v) is 2.21. The van der Waals surface area contributed by atoms with Crippen LogP contribution in [0.25, 0.3) is 0 Å². The Hall–Kier alpha value is -0.930. The fraction of sp³-hybridized carbons (Fsp3) is 1.00. The van der Waals surface area contributed by atoms with Gasteiger partial charge in [0, 0.05) is 0 Å². The first-order valence-electron chi connectivity index (χ1n) is 5.94. The van der Waals surface area contributed by atoms with Crippen LogP contribution in [0.2, 0.25) is 0 Å². The van der Waals surface area contributed by atoms with Crippen molar-refractivity contribution in [2.24, 2.45) is 0 Å². The molecule has 0 amide bonds. The minimum absolute atomic E-state index is 3.42. The first-order chi connectivity index (χ1) is 10.8. The molecule has 1 aliphatic rings. The number of aliphatic hydroxyl groups is 4. The van der Waals surface area contributed by atoms with Gasteiger partial charge in [0.1, 0.15) is 13.3 Å². The molecule has 1 fully saturated rings. The van der Waals surface area contributed by atoms with Crippen molar-refractivity contribution in [1.82, 2.24) is 0 Å². The average Bonchev–Trinajstić information content (AvgIpc) is 2.50. The normalized spacial score (nSPS) is 49.3. The summed E-state index contributed by atoms with van der Waals surface area (Å²) < 4.78 is 148. The van der Waals surface area contributed by atoms with Gasteiger partial charge < -0.3 is 20.4 Å². The van der Waals surface area contributed by atoms with Gasteiger partial charge in [0.05, 0.1) is 0 Å². The second-order valence-corrected chi connectivity index (χ2v) is 5.43. The van der Waals surface area contributed by atoms with Crippen LogP contribution >= 0.6 is 0 Å². The van der Waals surface area contributed by atoms with Crippen LogP contribution in [0.5, 0.6) is 0 Å². The standard InChI is InChI=1S/C10H9F11O4/c11-1-4(22)3(13)6(14,24)9(19,20)10(21,25)8(17,18)5(23,2-12)7(4,15)16/h3,22-25H,1-2H2. The van der Waals surface area contributed by atoms with E-state index in [-0.39, 0.29) is 0 Å². The molecule has 0 aliphatic heterocycles. The predicted molar refractivity (Wildman–Crippen MR) is 53.7 cm³/mol. The Kier molecular flexibility index (Phi) is 4.68. The van der Waals surface area contributed by atoms with E-state index in [1.807, 2.05) is 0 Å². The zero-order chi connectivity index (χ0) is 20.5. The molecule has 15 heteroatoms. The lowest BCUT2D eigenvalue weighted by molar-refractivity contribution is -0.484. The van der Waals surface area contributed by atoms with E-state index in [2.05, 4.69) is 0 Å². The Morgan fingerprint density at radius 3 is 1.36 bits per heavy atom. The number of hydrogen-bond acceptors (Lipinski definition) is 4. The highest BCUT2D eigenvalue weighted by atomic mass is 19.3. The Bertz CT molecular complexity index is 529. The van der Waals surface area contributed by atoms with Gasteiger partial charge in [-0.05, 0) is 0 Å². The van der Waals surface area contributed by atoms with Gasteiger partial charge in [0.2, 0.25) is 11.8 Å². The van der Waals surface area contributed by atoms with Crippen molar-refractivity contribution in [3.63, 3.8) is 0 Å². The lowest BCUT2D eigenvalue weighted by atomic mass is 9.68. The molecule has 150 valence electrons. The van der Waals surface area contributed by atoms with Crippen molar-refractivity contribution < 1.29 is 68.7 Å². The first kappa shape index (κ1) is 22.1. The molecule has 1 rings (SSSR count). The van der Waals surface area contributed by atoms with Crippen LogP contribution in [0.4, 0.5) is 48.3 Å². The van der Waals surface area contributed by atoms with Gasteiger partial charge in [-0.3, -0.25) is 0 Å². The zero-order valence-electron chi connectivity index (χ0n) is 11.4. The van der Waals surface area contributed by atoms with Crippen LogP contribution < -0.4 is 0 Å². The summed E-state index contributed by atoms with van der Waals surface area (Å²) in [5.41, 5.74) is -11.9. The monoisotopic (exact) mass is 402 g/mol.